The molecule has 0 radical (unpaired) electrons. The molecular formula is C22H25Cl3N2O. The summed E-state index contributed by atoms with van der Waals surface area (Å²) in [7, 11) is 0. The lowest BCUT2D eigenvalue weighted by atomic mass is 9.93. The van der Waals surface area contributed by atoms with E-state index in [0.29, 0.717) is 23.0 Å². The number of hydrogen-bond acceptors (Lipinski definition) is 2. The number of amides is 1. The molecule has 28 heavy (non-hydrogen) atoms. The number of halogens is 3. The van der Waals surface area contributed by atoms with Gasteiger partial charge in [0.15, 0.2) is 0 Å². The van der Waals surface area contributed by atoms with E-state index in [1.807, 2.05) is 6.07 Å². The summed E-state index contributed by atoms with van der Waals surface area (Å²) >= 11 is 12.1. The fourth-order valence-electron chi connectivity index (χ4n) is 4.23. The van der Waals surface area contributed by atoms with Gasteiger partial charge in [-0.25, -0.2) is 0 Å². The number of benzene rings is 2. The van der Waals surface area contributed by atoms with Crippen molar-refractivity contribution in [3.8, 4) is 0 Å². The van der Waals surface area contributed by atoms with Crippen LogP contribution in [0.15, 0.2) is 42.5 Å². The Kier molecular flexibility index (Phi) is 7.27. The molecule has 0 aromatic heterocycles. The molecule has 0 spiro atoms. The van der Waals surface area contributed by atoms with Crippen molar-refractivity contribution in [2.24, 2.45) is 0 Å². The van der Waals surface area contributed by atoms with Crippen molar-refractivity contribution < 1.29 is 4.79 Å². The molecule has 2 aliphatic rings. The summed E-state index contributed by atoms with van der Waals surface area (Å²) in [6.45, 7) is 3.94. The number of hydrogen-bond donors (Lipinski definition) is 0. The summed E-state index contributed by atoms with van der Waals surface area (Å²) in [5.74, 6) is 0.159. The second kappa shape index (κ2) is 9.49. The highest BCUT2D eigenvalue weighted by Gasteiger charge is 2.31. The maximum Gasteiger partial charge on any atom is 0.227 e. The molecule has 2 aliphatic heterocycles. The Bertz CT molecular complexity index is 836. The molecule has 2 aromatic rings. The van der Waals surface area contributed by atoms with Gasteiger partial charge in [0.25, 0.3) is 0 Å². The quantitative estimate of drug-likeness (QED) is 0.669. The molecule has 1 fully saturated rings. The number of carbonyl (C=O) groups is 1. The molecule has 2 heterocycles. The van der Waals surface area contributed by atoms with E-state index in [1.54, 1.807) is 12.1 Å². The molecule has 0 bridgehead atoms. The van der Waals surface area contributed by atoms with Crippen LogP contribution in [0.4, 0.5) is 0 Å². The van der Waals surface area contributed by atoms with Crippen LogP contribution in [-0.4, -0.2) is 41.4 Å². The fourth-order valence-corrected chi connectivity index (χ4v) is 4.55. The summed E-state index contributed by atoms with van der Waals surface area (Å²) in [6.07, 6.45) is 3.82. The van der Waals surface area contributed by atoms with Gasteiger partial charge in [-0.15, -0.1) is 12.4 Å². The minimum absolute atomic E-state index is 0. The van der Waals surface area contributed by atoms with Crippen molar-refractivity contribution in [2.75, 3.05) is 19.6 Å². The summed E-state index contributed by atoms with van der Waals surface area (Å²) in [5.41, 5.74) is 3.55. The minimum atomic E-state index is 0. The molecular weight excluding hydrogens is 415 g/mol. The molecule has 1 atom stereocenters. The summed E-state index contributed by atoms with van der Waals surface area (Å²) in [5, 5.41) is 1.02. The molecule has 0 N–H and O–H groups in total. The Morgan fingerprint density at radius 2 is 1.71 bits per heavy atom. The highest BCUT2D eigenvalue weighted by molar-refractivity contribution is 6.42. The number of rotatable bonds is 4. The Morgan fingerprint density at radius 1 is 1.00 bits per heavy atom. The zero-order valence-corrected chi connectivity index (χ0v) is 18.1. The molecule has 4 rings (SSSR count). The van der Waals surface area contributed by atoms with E-state index in [4.69, 9.17) is 23.2 Å². The van der Waals surface area contributed by atoms with Crippen LogP contribution in [0.25, 0.3) is 0 Å². The molecule has 150 valence electrons. The maximum atomic E-state index is 13.2. The lowest BCUT2D eigenvalue weighted by molar-refractivity contribution is -0.134. The van der Waals surface area contributed by atoms with Gasteiger partial charge < -0.3 is 9.80 Å². The first kappa shape index (κ1) is 21.4. The molecule has 0 aliphatic carbocycles. The summed E-state index contributed by atoms with van der Waals surface area (Å²) in [6, 6.07) is 14.2. The minimum Gasteiger partial charge on any atom is -0.333 e. The van der Waals surface area contributed by atoms with Crippen LogP contribution in [0.3, 0.4) is 0 Å². The highest BCUT2D eigenvalue weighted by atomic mass is 35.5. The molecule has 1 unspecified atom stereocenters. The van der Waals surface area contributed by atoms with Crippen molar-refractivity contribution >= 4 is 41.5 Å². The standard InChI is InChI=1S/C22H24Cl2N2O.ClH/c23-20-8-7-16(11-21(20)24)12-22(27)26-14-18-6-2-1-5-17(18)13-19(26)15-25-9-3-4-10-25;/h1-2,5-8,11,19H,3-4,9-10,12-15H2;1H. The fraction of sp³-hybridized carbons (Fsp3) is 0.409. The smallest absolute Gasteiger partial charge is 0.227 e. The Hall–Kier alpha value is -1.26. The van der Waals surface area contributed by atoms with Gasteiger partial charge in [0, 0.05) is 19.1 Å². The van der Waals surface area contributed by atoms with Crippen molar-refractivity contribution in [3.63, 3.8) is 0 Å². The van der Waals surface area contributed by atoms with Gasteiger partial charge in [0.2, 0.25) is 5.91 Å². The molecule has 3 nitrogen and oxygen atoms in total. The zero-order valence-electron chi connectivity index (χ0n) is 15.7. The van der Waals surface area contributed by atoms with E-state index in [0.717, 1.165) is 31.6 Å². The first-order valence-electron chi connectivity index (χ1n) is 9.62. The van der Waals surface area contributed by atoms with Gasteiger partial charge >= 0.3 is 0 Å². The number of fused-ring (bicyclic) bond motifs is 1. The molecule has 2 aromatic carbocycles. The third-order valence-corrected chi connectivity index (χ3v) is 6.42. The normalized spacial score (nSPS) is 19.2. The second-order valence-electron chi connectivity index (χ2n) is 7.58. The van der Waals surface area contributed by atoms with Crippen LogP contribution >= 0.6 is 35.6 Å². The van der Waals surface area contributed by atoms with Gasteiger partial charge in [-0.2, -0.15) is 0 Å². The van der Waals surface area contributed by atoms with Gasteiger partial charge in [0.05, 0.1) is 16.5 Å². The highest BCUT2D eigenvalue weighted by Crippen LogP contribution is 2.27. The van der Waals surface area contributed by atoms with Crippen molar-refractivity contribution in [2.45, 2.75) is 38.3 Å². The van der Waals surface area contributed by atoms with E-state index in [2.05, 4.69) is 34.1 Å². The third-order valence-electron chi connectivity index (χ3n) is 5.68. The van der Waals surface area contributed by atoms with Gasteiger partial charge in [-0.3, -0.25) is 4.79 Å². The van der Waals surface area contributed by atoms with Crippen LogP contribution in [0, 0.1) is 0 Å². The number of nitrogens with zero attached hydrogens (tertiary/aromatic N) is 2. The van der Waals surface area contributed by atoms with Crippen LogP contribution in [0.1, 0.15) is 29.5 Å². The van der Waals surface area contributed by atoms with Crippen molar-refractivity contribution in [3.05, 3.63) is 69.2 Å². The Balaban J connectivity index is 0.00000225. The molecule has 1 saturated heterocycles. The Morgan fingerprint density at radius 3 is 2.43 bits per heavy atom. The number of carbonyl (C=O) groups excluding carboxylic acids is 1. The van der Waals surface area contributed by atoms with E-state index in [-0.39, 0.29) is 24.4 Å². The second-order valence-corrected chi connectivity index (χ2v) is 8.40. The average molecular weight is 440 g/mol. The SMILES string of the molecule is Cl.O=C(Cc1ccc(Cl)c(Cl)c1)N1Cc2ccccc2CC1CN1CCCC1. The number of likely N-dealkylation sites (tertiary alicyclic amines) is 1. The van der Waals surface area contributed by atoms with Gasteiger partial charge in [-0.05, 0) is 61.2 Å². The van der Waals surface area contributed by atoms with E-state index in [1.165, 1.54) is 24.0 Å². The topological polar surface area (TPSA) is 23.6 Å². The first-order chi connectivity index (χ1) is 13.1. The van der Waals surface area contributed by atoms with Crippen LogP contribution in [0.2, 0.25) is 10.0 Å². The van der Waals surface area contributed by atoms with E-state index in [9.17, 15) is 4.79 Å². The zero-order chi connectivity index (χ0) is 18.8. The first-order valence-corrected chi connectivity index (χ1v) is 10.4. The Labute approximate surface area is 183 Å². The van der Waals surface area contributed by atoms with Crippen LogP contribution < -0.4 is 0 Å². The van der Waals surface area contributed by atoms with Crippen LogP contribution in [-0.2, 0) is 24.2 Å². The largest absolute Gasteiger partial charge is 0.333 e. The molecule has 1 amide bonds. The average Bonchev–Trinajstić information content (AvgIpc) is 3.17. The predicted octanol–water partition coefficient (Wildman–Crippen LogP) is 5.01. The lowest BCUT2D eigenvalue weighted by Gasteiger charge is -2.39. The predicted molar refractivity (Wildman–Crippen MR) is 118 cm³/mol. The lowest BCUT2D eigenvalue weighted by Crippen LogP contribution is -2.50. The van der Waals surface area contributed by atoms with Gasteiger partial charge in [0.1, 0.15) is 0 Å². The van der Waals surface area contributed by atoms with E-state index < -0.39 is 0 Å². The summed E-state index contributed by atoms with van der Waals surface area (Å²) < 4.78 is 0. The third kappa shape index (κ3) is 4.83. The summed E-state index contributed by atoms with van der Waals surface area (Å²) in [4.78, 5) is 17.8. The monoisotopic (exact) mass is 438 g/mol. The van der Waals surface area contributed by atoms with E-state index >= 15 is 0 Å². The molecule has 6 heteroatoms. The molecule has 0 saturated carbocycles. The van der Waals surface area contributed by atoms with Crippen LogP contribution in [0.5, 0.6) is 0 Å². The van der Waals surface area contributed by atoms with Crippen molar-refractivity contribution in [1.82, 2.24) is 9.80 Å². The van der Waals surface area contributed by atoms with Gasteiger partial charge in [-0.1, -0.05) is 53.5 Å². The van der Waals surface area contributed by atoms with Crippen molar-refractivity contribution in [1.29, 1.82) is 0 Å². The maximum absolute atomic E-state index is 13.2.